The van der Waals surface area contributed by atoms with E-state index in [0.717, 1.165) is 42.8 Å². The molecule has 4 rings (SSSR count). The van der Waals surface area contributed by atoms with Crippen LogP contribution in [-0.4, -0.2) is 21.5 Å². The summed E-state index contributed by atoms with van der Waals surface area (Å²) in [5.41, 5.74) is 2.88. The van der Waals surface area contributed by atoms with Gasteiger partial charge in [-0.25, -0.2) is 4.68 Å². The number of aromatic nitrogens is 2. The molecule has 1 aromatic heterocycles. The normalized spacial score (nSPS) is 23.4. The zero-order valence-corrected chi connectivity index (χ0v) is 12.7. The van der Waals surface area contributed by atoms with Gasteiger partial charge in [0.1, 0.15) is 6.10 Å². The zero-order valence-electron chi connectivity index (χ0n) is 12.7. The van der Waals surface area contributed by atoms with E-state index in [0.29, 0.717) is 5.92 Å². The van der Waals surface area contributed by atoms with E-state index in [-0.39, 0.29) is 6.23 Å². The molecule has 1 aliphatic carbocycles. The van der Waals surface area contributed by atoms with Gasteiger partial charge in [0.15, 0.2) is 6.23 Å². The summed E-state index contributed by atoms with van der Waals surface area (Å²) in [6.45, 7) is 0.782. The summed E-state index contributed by atoms with van der Waals surface area (Å²) in [6.07, 6.45) is 4.99. The lowest BCUT2D eigenvalue weighted by Gasteiger charge is -2.25. The Bertz CT molecular complexity index is 628. The van der Waals surface area contributed by atoms with Crippen molar-refractivity contribution in [3.63, 3.8) is 0 Å². The molecule has 1 N–H and O–H groups in total. The molecule has 2 atom stereocenters. The van der Waals surface area contributed by atoms with Crippen molar-refractivity contribution in [2.75, 3.05) is 6.61 Å². The Labute approximate surface area is 130 Å². The predicted octanol–water partition coefficient (Wildman–Crippen LogP) is 3.54. The fraction of sp³-hybridized carbons (Fsp3) is 0.500. The first-order valence-electron chi connectivity index (χ1n) is 8.27. The first kappa shape index (κ1) is 14.0. The number of hydrogen-bond acceptors (Lipinski definition) is 3. The van der Waals surface area contributed by atoms with E-state index in [1.165, 1.54) is 12.8 Å². The molecule has 2 unspecified atom stereocenters. The number of hydrogen-bond donors (Lipinski definition) is 1. The molecule has 2 fully saturated rings. The van der Waals surface area contributed by atoms with E-state index in [1.54, 1.807) is 0 Å². The summed E-state index contributed by atoms with van der Waals surface area (Å²) in [4.78, 5) is 0. The van der Waals surface area contributed by atoms with E-state index in [9.17, 15) is 5.11 Å². The molecule has 0 amide bonds. The van der Waals surface area contributed by atoms with Crippen molar-refractivity contribution in [3.05, 3.63) is 53.3 Å². The van der Waals surface area contributed by atoms with Crippen LogP contribution in [-0.2, 0) is 4.74 Å². The largest absolute Gasteiger partial charge is 0.382 e. The van der Waals surface area contributed by atoms with Crippen LogP contribution in [0, 0.1) is 0 Å². The Morgan fingerprint density at radius 2 is 1.95 bits per heavy atom. The molecule has 4 nitrogen and oxygen atoms in total. The SMILES string of the molecule is OC(c1ccccc1)c1cc(C2CC2)nn1C1CCCCO1. The third kappa shape index (κ3) is 2.69. The molecule has 1 saturated heterocycles. The molecule has 2 aliphatic rings. The monoisotopic (exact) mass is 298 g/mol. The molecule has 1 aliphatic heterocycles. The van der Waals surface area contributed by atoms with E-state index < -0.39 is 6.10 Å². The molecule has 2 aromatic rings. The maximum atomic E-state index is 10.8. The van der Waals surface area contributed by atoms with Gasteiger partial charge >= 0.3 is 0 Å². The number of aliphatic hydroxyl groups is 1. The fourth-order valence-electron chi connectivity index (χ4n) is 3.16. The minimum atomic E-state index is -0.647. The summed E-state index contributed by atoms with van der Waals surface area (Å²) in [5, 5.41) is 15.6. The van der Waals surface area contributed by atoms with E-state index in [4.69, 9.17) is 9.84 Å². The van der Waals surface area contributed by atoms with E-state index >= 15 is 0 Å². The van der Waals surface area contributed by atoms with Gasteiger partial charge in [-0.2, -0.15) is 5.10 Å². The molecular weight excluding hydrogens is 276 g/mol. The van der Waals surface area contributed by atoms with Crippen molar-refractivity contribution in [2.24, 2.45) is 0 Å². The molecular formula is C18H22N2O2. The van der Waals surface area contributed by atoms with Crippen LogP contribution in [0.25, 0.3) is 0 Å². The van der Waals surface area contributed by atoms with Gasteiger partial charge in [0.05, 0.1) is 11.4 Å². The Hall–Kier alpha value is -1.65. The highest BCUT2D eigenvalue weighted by Gasteiger charge is 2.31. The van der Waals surface area contributed by atoms with Gasteiger partial charge in [-0.15, -0.1) is 0 Å². The first-order chi connectivity index (χ1) is 10.8. The molecule has 4 heteroatoms. The number of benzene rings is 1. The summed E-state index contributed by atoms with van der Waals surface area (Å²) in [5.74, 6) is 0.576. The lowest BCUT2D eigenvalue weighted by Crippen LogP contribution is -2.22. The topological polar surface area (TPSA) is 47.3 Å². The Morgan fingerprint density at radius 1 is 1.14 bits per heavy atom. The maximum absolute atomic E-state index is 10.8. The molecule has 0 radical (unpaired) electrons. The Balaban J connectivity index is 1.69. The van der Waals surface area contributed by atoms with E-state index in [1.807, 2.05) is 35.0 Å². The van der Waals surface area contributed by atoms with Gasteiger partial charge in [0, 0.05) is 12.5 Å². The third-order valence-electron chi connectivity index (χ3n) is 4.60. The Morgan fingerprint density at radius 3 is 2.64 bits per heavy atom. The fourth-order valence-corrected chi connectivity index (χ4v) is 3.16. The van der Waals surface area contributed by atoms with Crippen LogP contribution in [0.3, 0.4) is 0 Å². The quantitative estimate of drug-likeness (QED) is 0.939. The van der Waals surface area contributed by atoms with Gasteiger partial charge < -0.3 is 9.84 Å². The summed E-state index contributed by atoms with van der Waals surface area (Å²) < 4.78 is 7.83. The van der Waals surface area contributed by atoms with Crippen LogP contribution in [0.15, 0.2) is 36.4 Å². The van der Waals surface area contributed by atoms with Crippen molar-refractivity contribution < 1.29 is 9.84 Å². The van der Waals surface area contributed by atoms with Crippen LogP contribution in [0.5, 0.6) is 0 Å². The smallest absolute Gasteiger partial charge is 0.150 e. The van der Waals surface area contributed by atoms with Crippen molar-refractivity contribution in [1.29, 1.82) is 0 Å². The highest BCUT2D eigenvalue weighted by Crippen LogP contribution is 2.41. The van der Waals surface area contributed by atoms with Crippen LogP contribution in [0.1, 0.15) is 67.3 Å². The standard InChI is InChI=1S/C18H22N2O2/c21-18(14-6-2-1-3-7-14)16-12-15(13-9-10-13)19-20(16)17-8-4-5-11-22-17/h1-3,6-7,12-13,17-18,21H,4-5,8-11H2. The van der Waals surface area contributed by atoms with Crippen molar-refractivity contribution in [1.82, 2.24) is 9.78 Å². The minimum absolute atomic E-state index is 0.0328. The predicted molar refractivity (Wildman–Crippen MR) is 83.5 cm³/mol. The number of aliphatic hydroxyl groups excluding tert-OH is 1. The second-order valence-corrected chi connectivity index (χ2v) is 6.35. The molecule has 22 heavy (non-hydrogen) atoms. The first-order valence-corrected chi connectivity index (χ1v) is 8.27. The number of rotatable bonds is 4. The molecule has 0 spiro atoms. The van der Waals surface area contributed by atoms with Gasteiger partial charge in [0.25, 0.3) is 0 Å². The Kier molecular flexibility index (Phi) is 3.72. The van der Waals surface area contributed by atoms with Crippen LogP contribution in [0.2, 0.25) is 0 Å². The average Bonchev–Trinajstić information content (AvgIpc) is 3.34. The van der Waals surface area contributed by atoms with Gasteiger partial charge in [-0.3, -0.25) is 0 Å². The summed E-state index contributed by atoms with van der Waals surface area (Å²) >= 11 is 0. The molecule has 116 valence electrons. The van der Waals surface area contributed by atoms with Crippen molar-refractivity contribution in [2.45, 2.75) is 50.4 Å². The summed E-state index contributed by atoms with van der Waals surface area (Å²) in [7, 11) is 0. The minimum Gasteiger partial charge on any atom is -0.382 e. The zero-order chi connectivity index (χ0) is 14.9. The lowest BCUT2D eigenvalue weighted by molar-refractivity contribution is -0.0438. The van der Waals surface area contributed by atoms with Gasteiger partial charge in [0.2, 0.25) is 0 Å². The lowest BCUT2D eigenvalue weighted by atomic mass is 10.1. The van der Waals surface area contributed by atoms with Crippen molar-refractivity contribution in [3.8, 4) is 0 Å². The van der Waals surface area contributed by atoms with Gasteiger partial charge in [-0.1, -0.05) is 30.3 Å². The highest BCUT2D eigenvalue weighted by atomic mass is 16.5. The summed E-state index contributed by atoms with van der Waals surface area (Å²) in [6, 6.07) is 11.9. The number of nitrogens with zero attached hydrogens (tertiary/aromatic N) is 2. The highest BCUT2D eigenvalue weighted by molar-refractivity contribution is 5.29. The van der Waals surface area contributed by atoms with Gasteiger partial charge in [-0.05, 0) is 43.7 Å². The average molecular weight is 298 g/mol. The van der Waals surface area contributed by atoms with Crippen LogP contribution >= 0.6 is 0 Å². The van der Waals surface area contributed by atoms with Crippen molar-refractivity contribution >= 4 is 0 Å². The second kappa shape index (κ2) is 5.86. The molecule has 0 bridgehead atoms. The second-order valence-electron chi connectivity index (χ2n) is 6.35. The van der Waals surface area contributed by atoms with E-state index in [2.05, 4.69) is 6.07 Å². The molecule has 1 saturated carbocycles. The maximum Gasteiger partial charge on any atom is 0.150 e. The van der Waals surface area contributed by atoms with Crippen LogP contribution < -0.4 is 0 Å². The molecule has 1 aromatic carbocycles. The molecule has 2 heterocycles. The third-order valence-corrected chi connectivity index (χ3v) is 4.60. The number of ether oxygens (including phenoxy) is 1. The van der Waals surface area contributed by atoms with Crippen LogP contribution in [0.4, 0.5) is 0 Å².